The first-order valence-electron chi connectivity index (χ1n) is 8.76. The van der Waals surface area contributed by atoms with E-state index in [0.717, 1.165) is 30.1 Å². The highest BCUT2D eigenvalue weighted by Gasteiger charge is 2.40. The Morgan fingerprint density at radius 3 is 2.78 bits per heavy atom. The number of carbonyl (C=O) groups is 3. The molecule has 2 atom stereocenters. The SMILES string of the molecule is CN1CCc2nc(C(=O)NC3C(=O)OCC3NC(=O)OC(C)(C)C)sc2C1. The first-order chi connectivity index (χ1) is 12.6. The number of rotatable bonds is 3. The number of nitrogens with zero attached hydrogens (tertiary/aromatic N) is 2. The second kappa shape index (κ2) is 7.43. The Hall–Kier alpha value is -2.20. The molecule has 2 amide bonds. The largest absolute Gasteiger partial charge is 0.462 e. The molecular formula is C17H24N4O5S. The molecule has 3 rings (SSSR count). The van der Waals surface area contributed by atoms with Gasteiger partial charge in [-0.3, -0.25) is 4.79 Å². The van der Waals surface area contributed by atoms with Gasteiger partial charge in [-0.15, -0.1) is 11.3 Å². The maximum Gasteiger partial charge on any atom is 0.408 e. The molecular weight excluding hydrogens is 372 g/mol. The van der Waals surface area contributed by atoms with Gasteiger partial charge >= 0.3 is 12.1 Å². The lowest BCUT2D eigenvalue weighted by molar-refractivity contribution is -0.139. The van der Waals surface area contributed by atoms with E-state index in [0.29, 0.717) is 5.01 Å². The van der Waals surface area contributed by atoms with Crippen LogP contribution in [0, 0.1) is 0 Å². The second-order valence-electron chi connectivity index (χ2n) is 7.71. The van der Waals surface area contributed by atoms with Gasteiger partial charge in [-0.2, -0.15) is 0 Å². The average Bonchev–Trinajstić information content (AvgIpc) is 3.10. The molecule has 2 unspecified atom stereocenters. The van der Waals surface area contributed by atoms with Crippen LogP contribution in [0.15, 0.2) is 0 Å². The first kappa shape index (κ1) is 19.6. The van der Waals surface area contributed by atoms with Gasteiger partial charge < -0.3 is 25.0 Å². The fourth-order valence-corrected chi connectivity index (χ4v) is 3.98. The van der Waals surface area contributed by atoms with Crippen LogP contribution in [0.4, 0.5) is 4.79 Å². The van der Waals surface area contributed by atoms with E-state index in [-0.39, 0.29) is 6.61 Å². The number of ether oxygens (including phenoxy) is 2. The molecule has 2 aliphatic rings. The number of amides is 2. The van der Waals surface area contributed by atoms with Crippen molar-refractivity contribution < 1.29 is 23.9 Å². The number of hydrogen-bond acceptors (Lipinski definition) is 8. The van der Waals surface area contributed by atoms with Gasteiger partial charge in [0, 0.05) is 24.4 Å². The molecule has 9 nitrogen and oxygen atoms in total. The van der Waals surface area contributed by atoms with Crippen LogP contribution in [0.2, 0.25) is 0 Å². The maximum atomic E-state index is 12.6. The molecule has 0 spiro atoms. The molecule has 0 radical (unpaired) electrons. The molecule has 0 aliphatic carbocycles. The number of hydrogen-bond donors (Lipinski definition) is 2. The van der Waals surface area contributed by atoms with Gasteiger partial charge in [-0.25, -0.2) is 14.6 Å². The average molecular weight is 396 g/mol. The van der Waals surface area contributed by atoms with Crippen LogP contribution in [-0.2, 0) is 27.2 Å². The van der Waals surface area contributed by atoms with Crippen molar-refractivity contribution in [3.8, 4) is 0 Å². The minimum atomic E-state index is -0.978. The van der Waals surface area contributed by atoms with E-state index in [2.05, 4.69) is 20.5 Å². The Bertz CT molecular complexity index is 757. The van der Waals surface area contributed by atoms with Crippen molar-refractivity contribution in [1.29, 1.82) is 0 Å². The van der Waals surface area contributed by atoms with Crippen molar-refractivity contribution in [2.75, 3.05) is 20.2 Å². The van der Waals surface area contributed by atoms with Crippen molar-refractivity contribution in [2.45, 2.75) is 51.4 Å². The molecule has 1 aromatic heterocycles. The number of thiazole rings is 1. The Kier molecular flexibility index (Phi) is 5.38. The minimum Gasteiger partial charge on any atom is -0.462 e. The molecule has 0 bridgehead atoms. The molecule has 0 aromatic carbocycles. The standard InChI is InChI=1S/C17H24N4O5S/c1-17(2,3)26-16(24)19-10-8-25-15(23)12(10)20-13(22)14-18-9-5-6-21(4)7-11(9)27-14/h10,12H,5-8H2,1-4H3,(H,19,24)(H,20,22). The quantitative estimate of drug-likeness (QED) is 0.723. The second-order valence-corrected chi connectivity index (χ2v) is 8.79. The highest BCUT2D eigenvalue weighted by molar-refractivity contribution is 7.13. The maximum absolute atomic E-state index is 12.6. The van der Waals surface area contributed by atoms with Gasteiger partial charge in [0.25, 0.3) is 5.91 Å². The summed E-state index contributed by atoms with van der Waals surface area (Å²) in [6, 6.07) is -1.68. The lowest BCUT2D eigenvalue weighted by Crippen LogP contribution is -2.53. The summed E-state index contributed by atoms with van der Waals surface area (Å²) in [5.41, 5.74) is 0.264. The molecule has 148 valence electrons. The van der Waals surface area contributed by atoms with Crippen LogP contribution in [0.1, 0.15) is 41.1 Å². The fourth-order valence-electron chi connectivity index (χ4n) is 2.89. The molecule has 3 heterocycles. The van der Waals surface area contributed by atoms with E-state index in [1.165, 1.54) is 11.3 Å². The fraction of sp³-hybridized carbons (Fsp3) is 0.647. The van der Waals surface area contributed by atoms with Crippen LogP contribution in [0.3, 0.4) is 0 Å². The summed E-state index contributed by atoms with van der Waals surface area (Å²) < 4.78 is 10.2. The summed E-state index contributed by atoms with van der Waals surface area (Å²) in [4.78, 5) is 44.2. The number of aromatic nitrogens is 1. The van der Waals surface area contributed by atoms with Gasteiger partial charge in [0.1, 0.15) is 12.2 Å². The Balaban J connectivity index is 1.65. The molecule has 2 aliphatic heterocycles. The number of carbonyl (C=O) groups excluding carboxylic acids is 3. The third-order valence-electron chi connectivity index (χ3n) is 4.17. The van der Waals surface area contributed by atoms with Crippen LogP contribution in [0.25, 0.3) is 0 Å². The zero-order valence-electron chi connectivity index (χ0n) is 15.8. The van der Waals surface area contributed by atoms with Crippen LogP contribution in [-0.4, -0.2) is 65.7 Å². The van der Waals surface area contributed by atoms with E-state index < -0.39 is 35.7 Å². The topological polar surface area (TPSA) is 110 Å². The summed E-state index contributed by atoms with van der Waals surface area (Å²) in [5.74, 6) is -1.04. The number of fused-ring (bicyclic) bond motifs is 1. The van der Waals surface area contributed by atoms with Crippen molar-refractivity contribution in [1.82, 2.24) is 20.5 Å². The summed E-state index contributed by atoms with van der Waals surface area (Å²) in [6.45, 7) is 6.85. The van der Waals surface area contributed by atoms with Crippen molar-refractivity contribution in [3.05, 3.63) is 15.6 Å². The summed E-state index contributed by atoms with van der Waals surface area (Å²) in [5, 5.41) is 5.53. The lowest BCUT2D eigenvalue weighted by atomic mass is 10.1. The highest BCUT2D eigenvalue weighted by atomic mass is 32.1. The highest BCUT2D eigenvalue weighted by Crippen LogP contribution is 2.24. The third kappa shape index (κ3) is 4.75. The van der Waals surface area contributed by atoms with E-state index >= 15 is 0 Å². The van der Waals surface area contributed by atoms with Crippen molar-refractivity contribution in [2.24, 2.45) is 0 Å². The van der Waals surface area contributed by atoms with Crippen LogP contribution in [0.5, 0.6) is 0 Å². The minimum absolute atomic E-state index is 0.0256. The first-order valence-corrected chi connectivity index (χ1v) is 9.58. The Morgan fingerprint density at radius 2 is 2.07 bits per heavy atom. The molecule has 0 saturated carbocycles. The third-order valence-corrected chi connectivity index (χ3v) is 5.25. The molecule has 27 heavy (non-hydrogen) atoms. The number of cyclic esters (lactones) is 1. The van der Waals surface area contributed by atoms with E-state index in [4.69, 9.17) is 9.47 Å². The summed E-state index contributed by atoms with van der Waals surface area (Å²) >= 11 is 1.33. The zero-order valence-corrected chi connectivity index (χ0v) is 16.6. The molecule has 2 N–H and O–H groups in total. The number of esters is 1. The lowest BCUT2D eigenvalue weighted by Gasteiger charge is -2.23. The number of alkyl carbamates (subject to hydrolysis) is 1. The van der Waals surface area contributed by atoms with E-state index in [1.807, 2.05) is 7.05 Å². The monoisotopic (exact) mass is 396 g/mol. The molecule has 1 saturated heterocycles. The molecule has 1 fully saturated rings. The Morgan fingerprint density at radius 1 is 1.33 bits per heavy atom. The van der Waals surface area contributed by atoms with E-state index in [1.54, 1.807) is 20.8 Å². The molecule has 10 heteroatoms. The summed E-state index contributed by atoms with van der Waals surface area (Å²) in [7, 11) is 2.02. The number of nitrogens with one attached hydrogen (secondary N) is 2. The van der Waals surface area contributed by atoms with Gasteiger partial charge in [0.2, 0.25) is 0 Å². The van der Waals surface area contributed by atoms with Gasteiger partial charge in [0.05, 0.1) is 11.7 Å². The van der Waals surface area contributed by atoms with Gasteiger partial charge in [0.15, 0.2) is 11.0 Å². The molecule has 1 aromatic rings. The zero-order chi connectivity index (χ0) is 19.8. The van der Waals surface area contributed by atoms with E-state index in [9.17, 15) is 14.4 Å². The summed E-state index contributed by atoms with van der Waals surface area (Å²) in [6.07, 6.45) is 0.127. The van der Waals surface area contributed by atoms with Crippen LogP contribution >= 0.6 is 11.3 Å². The normalized spacial score (nSPS) is 22.7. The van der Waals surface area contributed by atoms with Crippen molar-refractivity contribution in [3.63, 3.8) is 0 Å². The smallest absolute Gasteiger partial charge is 0.408 e. The number of likely N-dealkylation sites (N-methyl/N-ethyl adjacent to an activating group) is 1. The Labute approximate surface area is 161 Å². The van der Waals surface area contributed by atoms with Gasteiger partial charge in [-0.05, 0) is 27.8 Å². The predicted octanol–water partition coefficient (Wildman–Crippen LogP) is 0.680. The predicted molar refractivity (Wildman–Crippen MR) is 97.5 cm³/mol. The van der Waals surface area contributed by atoms with Crippen molar-refractivity contribution >= 4 is 29.3 Å². The van der Waals surface area contributed by atoms with Crippen LogP contribution < -0.4 is 10.6 Å². The van der Waals surface area contributed by atoms with Gasteiger partial charge in [-0.1, -0.05) is 0 Å².